The number of imidazole rings is 1. The summed E-state index contributed by atoms with van der Waals surface area (Å²) in [6.07, 6.45) is 6.98. The van der Waals surface area contributed by atoms with Gasteiger partial charge < -0.3 is 15.2 Å². The number of hydrogen-bond donors (Lipinski definition) is 3. The first-order chi connectivity index (χ1) is 8.50. The van der Waals surface area contributed by atoms with Crippen LogP contribution < -0.4 is 0 Å². The van der Waals surface area contributed by atoms with Crippen LogP contribution in [0.15, 0.2) is 35.7 Å². The minimum absolute atomic E-state index is 0.0124. The van der Waals surface area contributed by atoms with Crippen molar-refractivity contribution < 1.29 is 19.8 Å². The number of carbonyl (C=O) groups is 2. The Morgan fingerprint density at radius 2 is 2.11 bits per heavy atom. The quantitative estimate of drug-likeness (QED) is 0.522. The smallest absolute Gasteiger partial charge is 0.335 e. The number of aryl methyl sites for hydroxylation is 1. The Morgan fingerprint density at radius 3 is 2.61 bits per heavy atom. The Labute approximate surface area is 104 Å². The molecule has 0 aliphatic carbocycles. The number of aromatic nitrogens is 2. The zero-order valence-electron chi connectivity index (χ0n) is 9.88. The lowest BCUT2D eigenvalue weighted by Gasteiger charge is -1.98. The predicted molar refractivity (Wildman–Crippen MR) is 64.0 cm³/mol. The molecule has 0 fully saturated rings. The summed E-state index contributed by atoms with van der Waals surface area (Å²) in [6.45, 7) is 1.35. The Balaban J connectivity index is 2.70. The van der Waals surface area contributed by atoms with Crippen molar-refractivity contribution >= 4 is 11.9 Å². The van der Waals surface area contributed by atoms with Crippen LogP contribution in [-0.2, 0) is 16.0 Å². The van der Waals surface area contributed by atoms with Gasteiger partial charge in [0, 0.05) is 24.4 Å². The molecule has 96 valence electrons. The normalized spacial score (nSPS) is 12.5. The molecule has 0 atom stereocenters. The van der Waals surface area contributed by atoms with E-state index in [4.69, 9.17) is 10.2 Å². The van der Waals surface area contributed by atoms with Crippen LogP contribution in [0.4, 0.5) is 0 Å². The van der Waals surface area contributed by atoms with Gasteiger partial charge >= 0.3 is 11.9 Å². The first kappa shape index (κ1) is 13.7. The number of rotatable bonds is 6. The summed E-state index contributed by atoms with van der Waals surface area (Å²) in [5.74, 6) is -1.52. The maximum absolute atomic E-state index is 10.9. The average molecular weight is 250 g/mol. The van der Waals surface area contributed by atoms with Crippen molar-refractivity contribution in [2.45, 2.75) is 19.8 Å². The Hall–Kier alpha value is -2.37. The molecule has 0 aromatic carbocycles. The molecule has 0 radical (unpaired) electrons. The van der Waals surface area contributed by atoms with E-state index >= 15 is 0 Å². The van der Waals surface area contributed by atoms with Crippen molar-refractivity contribution in [2.75, 3.05) is 0 Å². The van der Waals surface area contributed by atoms with Crippen molar-refractivity contribution in [1.29, 1.82) is 0 Å². The third kappa shape index (κ3) is 4.25. The molecular formula is C12H14N2O4. The number of aliphatic carboxylic acids is 2. The van der Waals surface area contributed by atoms with E-state index in [1.165, 1.54) is 13.0 Å². The standard InChI is InChI=1S/C12H14N2O4/c1-8(11(15)16)7-9(12(17)18)3-2-4-10-13-5-6-14-10/h3,5-7H,2,4H2,1H3,(H,13,14)(H,15,16)(H,17,18). The molecule has 1 heterocycles. The van der Waals surface area contributed by atoms with Crippen LogP contribution >= 0.6 is 0 Å². The van der Waals surface area contributed by atoms with Crippen LogP contribution in [0, 0.1) is 0 Å². The summed E-state index contributed by atoms with van der Waals surface area (Å²) in [5, 5.41) is 17.6. The van der Waals surface area contributed by atoms with E-state index in [-0.39, 0.29) is 11.1 Å². The molecule has 18 heavy (non-hydrogen) atoms. The Morgan fingerprint density at radius 1 is 1.39 bits per heavy atom. The molecule has 6 nitrogen and oxygen atoms in total. The number of hydrogen-bond acceptors (Lipinski definition) is 3. The summed E-state index contributed by atoms with van der Waals surface area (Å²) >= 11 is 0. The molecule has 1 rings (SSSR count). The van der Waals surface area contributed by atoms with E-state index in [1.54, 1.807) is 12.4 Å². The van der Waals surface area contributed by atoms with E-state index in [0.29, 0.717) is 12.8 Å². The molecular weight excluding hydrogens is 236 g/mol. The molecule has 0 bridgehead atoms. The van der Waals surface area contributed by atoms with Gasteiger partial charge in [-0.15, -0.1) is 0 Å². The number of carboxylic acids is 2. The second-order valence-electron chi connectivity index (χ2n) is 3.67. The second kappa shape index (κ2) is 6.39. The van der Waals surface area contributed by atoms with Gasteiger partial charge in [0.05, 0.1) is 5.57 Å². The monoisotopic (exact) mass is 250 g/mol. The molecule has 0 saturated heterocycles. The lowest BCUT2D eigenvalue weighted by Crippen LogP contribution is -2.03. The fourth-order valence-electron chi connectivity index (χ4n) is 1.30. The van der Waals surface area contributed by atoms with Crippen LogP contribution in [-0.4, -0.2) is 32.1 Å². The predicted octanol–water partition coefficient (Wildman–Crippen LogP) is 1.38. The lowest BCUT2D eigenvalue weighted by atomic mass is 10.1. The number of nitrogens with one attached hydrogen (secondary N) is 1. The third-order valence-corrected chi connectivity index (χ3v) is 2.26. The van der Waals surface area contributed by atoms with Gasteiger partial charge in [0.2, 0.25) is 0 Å². The molecule has 1 aromatic heterocycles. The van der Waals surface area contributed by atoms with Crippen molar-refractivity contribution in [3.8, 4) is 0 Å². The number of aromatic amines is 1. The van der Waals surface area contributed by atoms with Crippen LogP contribution in [0.25, 0.3) is 0 Å². The highest BCUT2D eigenvalue weighted by Crippen LogP contribution is 2.06. The second-order valence-corrected chi connectivity index (χ2v) is 3.67. The maximum Gasteiger partial charge on any atom is 0.335 e. The van der Waals surface area contributed by atoms with E-state index in [0.717, 1.165) is 11.9 Å². The lowest BCUT2D eigenvalue weighted by molar-refractivity contribution is -0.132. The summed E-state index contributed by atoms with van der Waals surface area (Å²) < 4.78 is 0. The minimum Gasteiger partial charge on any atom is -0.478 e. The summed E-state index contributed by atoms with van der Waals surface area (Å²) in [5.41, 5.74) is -0.0388. The largest absolute Gasteiger partial charge is 0.478 e. The highest BCUT2D eigenvalue weighted by molar-refractivity contribution is 5.94. The van der Waals surface area contributed by atoms with Gasteiger partial charge in [0.25, 0.3) is 0 Å². The molecule has 0 saturated carbocycles. The third-order valence-electron chi connectivity index (χ3n) is 2.26. The van der Waals surface area contributed by atoms with Gasteiger partial charge in [-0.25, -0.2) is 14.6 Å². The number of nitrogens with zero attached hydrogens (tertiary/aromatic N) is 1. The number of carboxylic acid groups (broad SMARTS) is 2. The van der Waals surface area contributed by atoms with Crippen molar-refractivity contribution in [3.63, 3.8) is 0 Å². The first-order valence-corrected chi connectivity index (χ1v) is 5.34. The summed E-state index contributed by atoms with van der Waals surface area (Å²) in [4.78, 5) is 28.4. The van der Waals surface area contributed by atoms with Gasteiger partial charge in [-0.3, -0.25) is 0 Å². The van der Waals surface area contributed by atoms with E-state index in [2.05, 4.69) is 9.97 Å². The van der Waals surface area contributed by atoms with Crippen LogP contribution in [0.5, 0.6) is 0 Å². The van der Waals surface area contributed by atoms with E-state index in [1.807, 2.05) is 0 Å². The molecule has 0 amide bonds. The molecule has 0 unspecified atom stereocenters. The molecule has 0 aliphatic rings. The molecule has 1 aromatic rings. The fraction of sp³-hybridized carbons (Fsp3) is 0.250. The van der Waals surface area contributed by atoms with Crippen molar-refractivity contribution in [3.05, 3.63) is 41.5 Å². The Kier molecular flexibility index (Phi) is 4.86. The zero-order chi connectivity index (χ0) is 13.5. The number of allylic oxidation sites excluding steroid dienone is 1. The minimum atomic E-state index is -1.14. The maximum atomic E-state index is 10.9. The molecule has 3 N–H and O–H groups in total. The topological polar surface area (TPSA) is 103 Å². The molecule has 6 heteroatoms. The highest BCUT2D eigenvalue weighted by Gasteiger charge is 2.07. The zero-order valence-corrected chi connectivity index (χ0v) is 9.88. The fourth-order valence-corrected chi connectivity index (χ4v) is 1.30. The SMILES string of the molecule is CC(=CC(=CCCc1ncc[nH]1)C(=O)O)C(=O)O. The summed E-state index contributed by atoms with van der Waals surface area (Å²) in [6, 6.07) is 0. The van der Waals surface area contributed by atoms with Gasteiger partial charge in [-0.2, -0.15) is 0 Å². The van der Waals surface area contributed by atoms with Crippen molar-refractivity contribution in [2.24, 2.45) is 0 Å². The Bertz CT molecular complexity index is 486. The molecule has 0 aliphatic heterocycles. The average Bonchev–Trinajstić information content (AvgIpc) is 2.80. The number of H-pyrrole nitrogens is 1. The van der Waals surface area contributed by atoms with E-state index in [9.17, 15) is 9.59 Å². The first-order valence-electron chi connectivity index (χ1n) is 5.34. The van der Waals surface area contributed by atoms with Gasteiger partial charge in [-0.05, 0) is 19.4 Å². The van der Waals surface area contributed by atoms with Crippen LogP contribution in [0.3, 0.4) is 0 Å². The van der Waals surface area contributed by atoms with Gasteiger partial charge in [0.15, 0.2) is 0 Å². The van der Waals surface area contributed by atoms with Crippen LogP contribution in [0.1, 0.15) is 19.2 Å². The summed E-state index contributed by atoms with van der Waals surface area (Å²) in [7, 11) is 0. The van der Waals surface area contributed by atoms with Crippen molar-refractivity contribution in [1.82, 2.24) is 9.97 Å². The van der Waals surface area contributed by atoms with Gasteiger partial charge in [0.1, 0.15) is 5.82 Å². The molecule has 0 spiro atoms. The van der Waals surface area contributed by atoms with Gasteiger partial charge in [-0.1, -0.05) is 6.08 Å². The van der Waals surface area contributed by atoms with Crippen LogP contribution in [0.2, 0.25) is 0 Å². The van der Waals surface area contributed by atoms with E-state index < -0.39 is 11.9 Å². The highest BCUT2D eigenvalue weighted by atomic mass is 16.4.